The molecule has 0 aliphatic rings. The Kier molecular flexibility index (Phi) is 3.79. The third kappa shape index (κ3) is 2.40. The number of hydrogen-bond acceptors (Lipinski definition) is 5. The van der Waals surface area contributed by atoms with Crippen molar-refractivity contribution < 1.29 is 14.3 Å². The molecule has 76 valence electrons. The standard InChI is InChI=1S/C8H9ClN2O3/c1-13-7(8(12)14-2)5-3-10-4-6(9)11-5/h3-4,7H,1-2H3. The number of esters is 1. The molecule has 14 heavy (non-hydrogen) atoms. The fraction of sp³-hybridized carbons (Fsp3) is 0.375. The Morgan fingerprint density at radius 2 is 2.21 bits per heavy atom. The second kappa shape index (κ2) is 4.88. The van der Waals surface area contributed by atoms with Crippen LogP contribution in [0.4, 0.5) is 0 Å². The van der Waals surface area contributed by atoms with Crippen molar-refractivity contribution in [3.63, 3.8) is 0 Å². The minimum atomic E-state index is -0.883. The normalized spacial score (nSPS) is 12.2. The molecule has 1 aromatic heterocycles. The van der Waals surface area contributed by atoms with E-state index in [1.54, 1.807) is 0 Å². The van der Waals surface area contributed by atoms with Crippen molar-refractivity contribution in [2.24, 2.45) is 0 Å². The van der Waals surface area contributed by atoms with E-state index in [4.69, 9.17) is 16.3 Å². The zero-order chi connectivity index (χ0) is 10.6. The van der Waals surface area contributed by atoms with Crippen LogP contribution in [0.15, 0.2) is 12.4 Å². The highest BCUT2D eigenvalue weighted by molar-refractivity contribution is 6.29. The smallest absolute Gasteiger partial charge is 0.341 e. The summed E-state index contributed by atoms with van der Waals surface area (Å²) in [5.74, 6) is -0.538. The molecular weight excluding hydrogens is 208 g/mol. The molecule has 0 saturated heterocycles. The molecule has 0 fully saturated rings. The molecule has 1 aromatic rings. The van der Waals surface area contributed by atoms with Crippen molar-refractivity contribution in [2.45, 2.75) is 6.10 Å². The van der Waals surface area contributed by atoms with Crippen LogP contribution in [0.2, 0.25) is 5.15 Å². The Balaban J connectivity index is 2.94. The predicted octanol–water partition coefficient (Wildman–Crippen LogP) is 0.990. The predicted molar refractivity (Wildman–Crippen MR) is 48.8 cm³/mol. The van der Waals surface area contributed by atoms with Crippen LogP contribution in [-0.2, 0) is 14.3 Å². The van der Waals surface area contributed by atoms with Gasteiger partial charge in [0.05, 0.1) is 19.5 Å². The van der Waals surface area contributed by atoms with E-state index in [0.717, 1.165) is 0 Å². The maximum Gasteiger partial charge on any atom is 0.341 e. The topological polar surface area (TPSA) is 61.3 Å². The third-order valence-electron chi connectivity index (χ3n) is 1.54. The summed E-state index contributed by atoms with van der Waals surface area (Å²) in [6.45, 7) is 0. The van der Waals surface area contributed by atoms with Gasteiger partial charge in [-0.15, -0.1) is 0 Å². The first-order chi connectivity index (χ1) is 6.69. The first kappa shape index (κ1) is 10.9. The lowest BCUT2D eigenvalue weighted by atomic mass is 10.2. The number of methoxy groups -OCH3 is 2. The molecule has 1 heterocycles. The van der Waals surface area contributed by atoms with Crippen molar-refractivity contribution in [1.82, 2.24) is 9.97 Å². The molecule has 0 bridgehead atoms. The summed E-state index contributed by atoms with van der Waals surface area (Å²) < 4.78 is 9.43. The third-order valence-corrected chi connectivity index (χ3v) is 1.73. The summed E-state index contributed by atoms with van der Waals surface area (Å²) in [6.07, 6.45) is 1.89. The maximum absolute atomic E-state index is 11.2. The highest BCUT2D eigenvalue weighted by Crippen LogP contribution is 2.16. The van der Waals surface area contributed by atoms with Gasteiger partial charge in [-0.3, -0.25) is 4.98 Å². The van der Waals surface area contributed by atoms with E-state index in [9.17, 15) is 4.79 Å². The average molecular weight is 217 g/mol. The molecule has 0 spiro atoms. The highest BCUT2D eigenvalue weighted by atomic mass is 35.5. The quantitative estimate of drug-likeness (QED) is 0.706. The molecule has 0 aliphatic carbocycles. The van der Waals surface area contributed by atoms with E-state index in [1.165, 1.54) is 26.6 Å². The summed E-state index contributed by atoms with van der Waals surface area (Å²) in [4.78, 5) is 18.9. The van der Waals surface area contributed by atoms with Crippen molar-refractivity contribution >= 4 is 17.6 Å². The number of nitrogens with zero attached hydrogens (tertiary/aromatic N) is 2. The Labute approximate surface area is 86.0 Å². The lowest BCUT2D eigenvalue weighted by molar-refractivity contribution is -0.152. The van der Waals surface area contributed by atoms with Gasteiger partial charge in [-0.05, 0) is 0 Å². The van der Waals surface area contributed by atoms with Gasteiger partial charge in [-0.25, -0.2) is 9.78 Å². The molecule has 0 aliphatic heterocycles. The Morgan fingerprint density at radius 3 is 2.71 bits per heavy atom. The SMILES string of the molecule is COC(=O)C(OC)c1cncc(Cl)n1. The molecule has 0 amide bonds. The van der Waals surface area contributed by atoms with Gasteiger partial charge in [0.1, 0.15) is 10.8 Å². The summed E-state index contributed by atoms with van der Waals surface area (Å²) in [5, 5.41) is 0.202. The van der Waals surface area contributed by atoms with E-state index in [-0.39, 0.29) is 5.15 Å². The molecule has 6 heteroatoms. The molecule has 0 N–H and O–H groups in total. The minimum absolute atomic E-state index is 0.202. The number of aromatic nitrogens is 2. The van der Waals surface area contributed by atoms with Gasteiger partial charge in [0.2, 0.25) is 0 Å². The van der Waals surface area contributed by atoms with Gasteiger partial charge >= 0.3 is 5.97 Å². The molecule has 1 unspecified atom stereocenters. The van der Waals surface area contributed by atoms with Gasteiger partial charge in [0, 0.05) is 7.11 Å². The highest BCUT2D eigenvalue weighted by Gasteiger charge is 2.22. The maximum atomic E-state index is 11.2. The van der Waals surface area contributed by atoms with Crippen LogP contribution in [-0.4, -0.2) is 30.2 Å². The number of ether oxygens (including phenoxy) is 2. The van der Waals surface area contributed by atoms with E-state index in [0.29, 0.717) is 5.69 Å². The summed E-state index contributed by atoms with van der Waals surface area (Å²) in [7, 11) is 2.65. The second-order valence-corrected chi connectivity index (χ2v) is 2.79. The van der Waals surface area contributed by atoms with E-state index in [1.807, 2.05) is 0 Å². The van der Waals surface area contributed by atoms with Crippen LogP contribution < -0.4 is 0 Å². The first-order valence-corrected chi connectivity index (χ1v) is 4.15. The molecule has 5 nitrogen and oxygen atoms in total. The largest absolute Gasteiger partial charge is 0.467 e. The van der Waals surface area contributed by atoms with Crippen LogP contribution in [0.5, 0.6) is 0 Å². The van der Waals surface area contributed by atoms with Crippen LogP contribution in [0, 0.1) is 0 Å². The molecule has 0 radical (unpaired) electrons. The Morgan fingerprint density at radius 1 is 1.50 bits per heavy atom. The lowest BCUT2D eigenvalue weighted by Crippen LogP contribution is -2.17. The number of halogens is 1. The van der Waals surface area contributed by atoms with Gasteiger partial charge < -0.3 is 9.47 Å². The summed E-state index contributed by atoms with van der Waals surface area (Å²) >= 11 is 5.61. The fourth-order valence-electron chi connectivity index (χ4n) is 0.927. The number of carbonyl (C=O) groups is 1. The van der Waals surface area contributed by atoms with E-state index >= 15 is 0 Å². The molecule has 0 saturated carbocycles. The van der Waals surface area contributed by atoms with Gasteiger partial charge in [0.25, 0.3) is 0 Å². The zero-order valence-corrected chi connectivity index (χ0v) is 8.49. The van der Waals surface area contributed by atoms with E-state index < -0.39 is 12.1 Å². The number of rotatable bonds is 3. The van der Waals surface area contributed by atoms with Crippen LogP contribution >= 0.6 is 11.6 Å². The van der Waals surface area contributed by atoms with E-state index in [2.05, 4.69) is 14.7 Å². The summed E-state index contributed by atoms with van der Waals surface area (Å²) in [6, 6.07) is 0. The van der Waals surface area contributed by atoms with Crippen molar-refractivity contribution in [2.75, 3.05) is 14.2 Å². The van der Waals surface area contributed by atoms with Crippen molar-refractivity contribution in [3.05, 3.63) is 23.2 Å². The summed E-state index contributed by atoms with van der Waals surface area (Å²) in [5.41, 5.74) is 0.326. The van der Waals surface area contributed by atoms with Crippen LogP contribution in [0.1, 0.15) is 11.8 Å². The van der Waals surface area contributed by atoms with Gasteiger partial charge in [0.15, 0.2) is 6.10 Å². The molecular formula is C8H9ClN2O3. The Hall–Kier alpha value is -1.20. The van der Waals surface area contributed by atoms with Crippen LogP contribution in [0.25, 0.3) is 0 Å². The van der Waals surface area contributed by atoms with Crippen molar-refractivity contribution in [1.29, 1.82) is 0 Å². The molecule has 0 aromatic carbocycles. The molecule has 1 atom stereocenters. The lowest BCUT2D eigenvalue weighted by Gasteiger charge is -2.11. The van der Waals surface area contributed by atoms with Crippen molar-refractivity contribution in [3.8, 4) is 0 Å². The average Bonchev–Trinajstić information content (AvgIpc) is 2.19. The second-order valence-electron chi connectivity index (χ2n) is 2.41. The minimum Gasteiger partial charge on any atom is -0.467 e. The number of hydrogen-bond donors (Lipinski definition) is 0. The zero-order valence-electron chi connectivity index (χ0n) is 7.73. The van der Waals surface area contributed by atoms with Gasteiger partial charge in [-0.2, -0.15) is 0 Å². The number of carbonyl (C=O) groups excluding carboxylic acids is 1. The first-order valence-electron chi connectivity index (χ1n) is 3.77. The van der Waals surface area contributed by atoms with Gasteiger partial charge in [-0.1, -0.05) is 11.6 Å². The Bertz CT molecular complexity index is 332. The monoisotopic (exact) mass is 216 g/mol. The fourth-order valence-corrected chi connectivity index (χ4v) is 1.08. The van der Waals surface area contributed by atoms with Crippen LogP contribution in [0.3, 0.4) is 0 Å². The molecule has 1 rings (SSSR count).